The van der Waals surface area contributed by atoms with Gasteiger partial charge in [0.25, 0.3) is 0 Å². The third-order valence-corrected chi connectivity index (χ3v) is 10.9. The number of aromatic nitrogens is 1. The van der Waals surface area contributed by atoms with Crippen LogP contribution in [0.5, 0.6) is 0 Å². The summed E-state index contributed by atoms with van der Waals surface area (Å²) in [5.41, 5.74) is 7.63. The lowest BCUT2D eigenvalue weighted by molar-refractivity contribution is -0.145. The molecule has 0 bridgehead atoms. The van der Waals surface area contributed by atoms with Gasteiger partial charge in [0.15, 0.2) is 11.6 Å². The van der Waals surface area contributed by atoms with E-state index in [0.717, 1.165) is 33.2 Å². The first kappa shape index (κ1) is 40.7. The SMILES string of the molecule is CC(C)CC(Nc1ccc(COC(=O)Cn2cc(CC(NC(=O)OCC3c4ccccc4-c4ccccc43)C(=O)O)c3ccccc32)cc1)=C1C(=O)CC(C)(C)CC1=O. The first-order valence-corrected chi connectivity index (χ1v) is 20.0. The van der Waals surface area contributed by atoms with Crippen LogP contribution in [0.25, 0.3) is 22.0 Å². The van der Waals surface area contributed by atoms with Crippen molar-refractivity contribution in [2.24, 2.45) is 11.3 Å². The summed E-state index contributed by atoms with van der Waals surface area (Å²) in [5.74, 6) is -1.93. The van der Waals surface area contributed by atoms with Crippen molar-refractivity contribution in [2.45, 2.75) is 78.5 Å². The van der Waals surface area contributed by atoms with Crippen molar-refractivity contribution in [1.29, 1.82) is 0 Å². The molecule has 1 amide bonds. The number of anilines is 1. The molecule has 2 aliphatic rings. The summed E-state index contributed by atoms with van der Waals surface area (Å²) in [4.78, 5) is 64.7. The van der Waals surface area contributed by atoms with Gasteiger partial charge in [0, 0.05) is 53.7 Å². The molecular formula is C48H49N3O8. The Balaban J connectivity index is 0.965. The van der Waals surface area contributed by atoms with Gasteiger partial charge in [0.1, 0.15) is 25.8 Å². The Hall–Kier alpha value is -6.49. The van der Waals surface area contributed by atoms with Crippen LogP contribution < -0.4 is 10.6 Å². The van der Waals surface area contributed by atoms with Gasteiger partial charge in [-0.25, -0.2) is 9.59 Å². The minimum atomic E-state index is -1.29. The molecule has 0 radical (unpaired) electrons. The Morgan fingerprint density at radius 2 is 1.44 bits per heavy atom. The number of carbonyl (C=O) groups excluding carboxylic acids is 4. The summed E-state index contributed by atoms with van der Waals surface area (Å²) in [6, 6.07) is 29.3. The number of carboxylic acid groups (broad SMARTS) is 1. The van der Waals surface area contributed by atoms with E-state index in [2.05, 4.69) is 10.6 Å². The molecule has 11 nitrogen and oxygen atoms in total. The van der Waals surface area contributed by atoms with E-state index in [0.29, 0.717) is 41.7 Å². The molecule has 0 spiro atoms. The number of amides is 1. The summed E-state index contributed by atoms with van der Waals surface area (Å²) in [7, 11) is 0. The summed E-state index contributed by atoms with van der Waals surface area (Å²) in [6.07, 6.45) is 2.04. The quantitative estimate of drug-likeness (QED) is 0.0570. The summed E-state index contributed by atoms with van der Waals surface area (Å²) in [6.45, 7) is 7.90. The lowest BCUT2D eigenvalue weighted by Crippen LogP contribution is -2.42. The van der Waals surface area contributed by atoms with Crippen molar-refractivity contribution in [3.8, 4) is 11.1 Å². The highest BCUT2D eigenvalue weighted by atomic mass is 16.5. The van der Waals surface area contributed by atoms with E-state index in [4.69, 9.17) is 9.47 Å². The lowest BCUT2D eigenvalue weighted by Gasteiger charge is -2.30. The number of hydrogen-bond donors (Lipinski definition) is 3. The number of ether oxygens (including phenoxy) is 2. The van der Waals surface area contributed by atoms with E-state index in [-0.39, 0.29) is 60.6 Å². The van der Waals surface area contributed by atoms with Gasteiger partial charge in [-0.05, 0) is 69.3 Å². The maximum Gasteiger partial charge on any atom is 0.407 e. The van der Waals surface area contributed by atoms with E-state index in [1.807, 2.05) is 125 Å². The monoisotopic (exact) mass is 795 g/mol. The lowest BCUT2D eigenvalue weighted by atomic mass is 9.73. The maximum atomic E-state index is 13.2. The third-order valence-electron chi connectivity index (χ3n) is 10.9. The fraction of sp³-hybridized carbons (Fsp3) is 0.312. The Bertz CT molecular complexity index is 2390. The van der Waals surface area contributed by atoms with Crippen LogP contribution >= 0.6 is 0 Å². The number of Topliss-reactive ketones (excluding diaryl/α,β-unsaturated/α-hetero) is 2. The molecule has 4 aromatic carbocycles. The van der Waals surface area contributed by atoms with Gasteiger partial charge in [0.2, 0.25) is 0 Å². The second-order valence-corrected chi connectivity index (χ2v) is 16.7. The van der Waals surface area contributed by atoms with Crippen LogP contribution in [0.2, 0.25) is 0 Å². The standard InChI is InChI=1S/C48H49N3O8/c1-29(2)21-39(45-42(52)23-48(3,4)24-43(45)53)49-32-19-17-30(18-20-32)27-58-44(54)26-51-25-31(33-11-9-10-16-41(33)51)22-40(46(55)56)50-47(57)59-28-38-36-14-7-5-12-34(36)35-13-6-8-15-37(35)38/h5-20,25,29,38,40,49H,21-24,26-28H2,1-4H3,(H,50,57)(H,55,56). The normalized spacial score (nSPS) is 15.1. The Labute approximate surface area is 343 Å². The molecule has 3 N–H and O–H groups in total. The second-order valence-electron chi connectivity index (χ2n) is 16.7. The number of allylic oxidation sites excluding steroid dienone is 2. The van der Waals surface area contributed by atoms with Crippen molar-refractivity contribution < 1.29 is 38.6 Å². The summed E-state index contributed by atoms with van der Waals surface area (Å²) in [5, 5.41) is 16.7. The van der Waals surface area contributed by atoms with E-state index in [1.165, 1.54) is 0 Å². The number of benzene rings is 4. The number of carboxylic acids is 1. The molecule has 1 fully saturated rings. The zero-order chi connectivity index (χ0) is 41.8. The molecule has 0 aliphatic heterocycles. The zero-order valence-electron chi connectivity index (χ0n) is 33.7. The molecule has 1 aromatic heterocycles. The second kappa shape index (κ2) is 17.2. The number of ketones is 2. The van der Waals surface area contributed by atoms with Crippen LogP contribution in [0, 0.1) is 11.3 Å². The average molecular weight is 796 g/mol. The fourth-order valence-electron chi connectivity index (χ4n) is 8.25. The molecule has 59 heavy (non-hydrogen) atoms. The number of fused-ring (bicyclic) bond motifs is 4. The predicted molar refractivity (Wildman–Crippen MR) is 225 cm³/mol. The van der Waals surface area contributed by atoms with E-state index < -0.39 is 24.1 Å². The van der Waals surface area contributed by atoms with Crippen LogP contribution in [-0.2, 0) is 48.2 Å². The molecule has 1 saturated carbocycles. The van der Waals surface area contributed by atoms with Crippen molar-refractivity contribution in [3.63, 3.8) is 0 Å². The molecule has 11 heteroatoms. The number of alkyl carbamates (subject to hydrolysis) is 1. The largest absolute Gasteiger partial charge is 0.480 e. The van der Waals surface area contributed by atoms with Gasteiger partial charge in [-0.1, -0.05) is 107 Å². The number of hydrogen-bond acceptors (Lipinski definition) is 8. The molecule has 7 rings (SSSR count). The summed E-state index contributed by atoms with van der Waals surface area (Å²) >= 11 is 0. The number of nitrogens with one attached hydrogen (secondary N) is 2. The molecule has 1 heterocycles. The highest BCUT2D eigenvalue weighted by Gasteiger charge is 2.37. The van der Waals surface area contributed by atoms with Gasteiger partial charge in [-0.15, -0.1) is 0 Å². The van der Waals surface area contributed by atoms with Crippen molar-refractivity contribution in [2.75, 3.05) is 11.9 Å². The maximum absolute atomic E-state index is 13.2. The van der Waals surface area contributed by atoms with Crippen molar-refractivity contribution in [1.82, 2.24) is 9.88 Å². The Morgan fingerprint density at radius 3 is 2.07 bits per heavy atom. The van der Waals surface area contributed by atoms with Gasteiger partial charge in [-0.2, -0.15) is 0 Å². The smallest absolute Gasteiger partial charge is 0.407 e. The van der Waals surface area contributed by atoms with Gasteiger partial charge >= 0.3 is 18.0 Å². The number of nitrogens with zero attached hydrogens (tertiary/aromatic N) is 1. The van der Waals surface area contributed by atoms with Gasteiger partial charge < -0.3 is 29.8 Å². The van der Waals surface area contributed by atoms with Crippen molar-refractivity contribution >= 4 is 46.2 Å². The van der Waals surface area contributed by atoms with Gasteiger partial charge in [-0.3, -0.25) is 14.4 Å². The van der Waals surface area contributed by atoms with Crippen LogP contribution in [0.15, 0.2) is 115 Å². The molecule has 5 aromatic rings. The topological polar surface area (TPSA) is 153 Å². The molecule has 1 atom stereocenters. The Kier molecular flexibility index (Phi) is 11.8. The number of carbonyl (C=O) groups is 5. The Morgan fingerprint density at radius 1 is 0.831 bits per heavy atom. The molecular weight excluding hydrogens is 747 g/mol. The number of rotatable bonds is 14. The molecule has 1 unspecified atom stereocenters. The van der Waals surface area contributed by atoms with E-state index in [9.17, 15) is 29.1 Å². The third kappa shape index (κ3) is 9.30. The van der Waals surface area contributed by atoms with Crippen molar-refractivity contribution in [3.05, 3.63) is 137 Å². The zero-order valence-corrected chi connectivity index (χ0v) is 33.7. The highest BCUT2D eigenvalue weighted by molar-refractivity contribution is 6.23. The van der Waals surface area contributed by atoms with E-state index >= 15 is 0 Å². The van der Waals surface area contributed by atoms with Crippen LogP contribution in [-0.4, -0.2) is 51.9 Å². The minimum Gasteiger partial charge on any atom is -0.480 e. The van der Waals surface area contributed by atoms with Crippen LogP contribution in [0.4, 0.5) is 10.5 Å². The van der Waals surface area contributed by atoms with E-state index in [1.54, 1.807) is 10.8 Å². The highest BCUT2D eigenvalue weighted by Crippen LogP contribution is 2.44. The molecule has 0 saturated heterocycles. The van der Waals surface area contributed by atoms with Crippen LogP contribution in [0.3, 0.4) is 0 Å². The average Bonchev–Trinajstić information content (AvgIpc) is 3.70. The molecule has 2 aliphatic carbocycles. The number of esters is 1. The predicted octanol–water partition coefficient (Wildman–Crippen LogP) is 8.59. The first-order chi connectivity index (χ1) is 28.3. The number of para-hydroxylation sites is 1. The first-order valence-electron chi connectivity index (χ1n) is 20.0. The van der Waals surface area contributed by atoms with Gasteiger partial charge in [0.05, 0.1) is 5.57 Å². The fourth-order valence-corrected chi connectivity index (χ4v) is 8.25. The summed E-state index contributed by atoms with van der Waals surface area (Å²) < 4.78 is 13.0. The number of aliphatic carboxylic acids is 1. The van der Waals surface area contributed by atoms with Crippen LogP contribution in [0.1, 0.15) is 75.1 Å². The molecule has 304 valence electrons. The minimum absolute atomic E-state index is 0.0162.